The van der Waals surface area contributed by atoms with Crippen LogP contribution < -0.4 is 11.1 Å². The zero-order valence-corrected chi connectivity index (χ0v) is 8.03. The first-order chi connectivity index (χ1) is 6.70. The molecule has 1 aromatic rings. The number of amides is 1. The molecule has 0 spiro atoms. The Morgan fingerprint density at radius 2 is 2.57 bits per heavy atom. The molecular formula is C9H14N2O3. The summed E-state index contributed by atoms with van der Waals surface area (Å²) in [5.41, 5.74) is 4.80. The van der Waals surface area contributed by atoms with E-state index in [9.17, 15) is 4.79 Å². The van der Waals surface area contributed by atoms with Crippen molar-refractivity contribution in [1.82, 2.24) is 5.32 Å². The van der Waals surface area contributed by atoms with E-state index in [0.717, 1.165) is 5.76 Å². The Bertz CT molecular complexity index is 272. The second-order valence-electron chi connectivity index (χ2n) is 2.86. The van der Waals surface area contributed by atoms with Crippen molar-refractivity contribution < 1.29 is 13.9 Å². The molecule has 0 aromatic carbocycles. The zero-order chi connectivity index (χ0) is 10.4. The van der Waals surface area contributed by atoms with Gasteiger partial charge in [-0.2, -0.15) is 0 Å². The minimum absolute atomic E-state index is 0.0986. The maximum Gasteiger partial charge on any atom is 0.404 e. The highest BCUT2D eigenvalue weighted by molar-refractivity contribution is 5.64. The van der Waals surface area contributed by atoms with Crippen LogP contribution in [0.4, 0.5) is 4.79 Å². The average molecular weight is 198 g/mol. The molecule has 1 amide bonds. The Kier molecular flexibility index (Phi) is 4.00. The lowest BCUT2D eigenvalue weighted by Crippen LogP contribution is -2.25. The highest BCUT2D eigenvalue weighted by Gasteiger charge is 2.06. The van der Waals surface area contributed by atoms with Crippen molar-refractivity contribution in [3.63, 3.8) is 0 Å². The number of carbonyl (C=O) groups is 1. The third-order valence-corrected chi connectivity index (χ3v) is 1.77. The normalized spacial score (nSPS) is 12.4. The van der Waals surface area contributed by atoms with E-state index in [1.807, 2.05) is 19.1 Å². The van der Waals surface area contributed by atoms with Crippen LogP contribution in [0, 0.1) is 0 Å². The Balaban J connectivity index is 2.16. The molecule has 1 rings (SSSR count). The minimum Gasteiger partial charge on any atom is -0.468 e. The van der Waals surface area contributed by atoms with Gasteiger partial charge in [0.05, 0.1) is 12.3 Å². The number of nitrogens with one attached hydrogen (secondary N) is 1. The summed E-state index contributed by atoms with van der Waals surface area (Å²) < 4.78 is 9.73. The fourth-order valence-corrected chi connectivity index (χ4v) is 1.07. The number of furan rings is 1. The monoisotopic (exact) mass is 198 g/mol. The predicted octanol–water partition coefficient (Wildman–Crippen LogP) is 1.03. The summed E-state index contributed by atoms with van der Waals surface area (Å²) >= 11 is 0. The van der Waals surface area contributed by atoms with Crippen LogP contribution in [0.5, 0.6) is 0 Å². The molecule has 5 nitrogen and oxygen atoms in total. The molecule has 14 heavy (non-hydrogen) atoms. The fourth-order valence-electron chi connectivity index (χ4n) is 1.07. The molecule has 0 bridgehead atoms. The Morgan fingerprint density at radius 3 is 3.14 bits per heavy atom. The van der Waals surface area contributed by atoms with Crippen LogP contribution in [0.25, 0.3) is 0 Å². The summed E-state index contributed by atoms with van der Waals surface area (Å²) in [4.78, 5) is 10.2. The smallest absolute Gasteiger partial charge is 0.404 e. The zero-order valence-electron chi connectivity index (χ0n) is 8.03. The van der Waals surface area contributed by atoms with Crippen molar-refractivity contribution in [1.29, 1.82) is 0 Å². The van der Waals surface area contributed by atoms with E-state index in [4.69, 9.17) is 10.2 Å². The SMILES string of the molecule is CC(NCCOC(N)=O)c1ccco1. The van der Waals surface area contributed by atoms with E-state index in [1.165, 1.54) is 0 Å². The van der Waals surface area contributed by atoms with E-state index in [2.05, 4.69) is 10.1 Å². The van der Waals surface area contributed by atoms with Crippen molar-refractivity contribution in [3.8, 4) is 0 Å². The third-order valence-electron chi connectivity index (χ3n) is 1.77. The first kappa shape index (κ1) is 10.6. The lowest BCUT2D eigenvalue weighted by molar-refractivity contribution is 0.156. The van der Waals surface area contributed by atoms with Crippen molar-refractivity contribution in [2.24, 2.45) is 5.73 Å². The number of carbonyl (C=O) groups excluding carboxylic acids is 1. The number of nitrogens with two attached hydrogens (primary N) is 1. The average Bonchev–Trinajstić information content (AvgIpc) is 2.64. The first-order valence-electron chi connectivity index (χ1n) is 4.39. The van der Waals surface area contributed by atoms with Gasteiger partial charge in [0, 0.05) is 6.54 Å². The number of hydrogen-bond donors (Lipinski definition) is 2. The van der Waals surface area contributed by atoms with Crippen LogP contribution in [0.1, 0.15) is 18.7 Å². The van der Waals surface area contributed by atoms with E-state index >= 15 is 0 Å². The second-order valence-corrected chi connectivity index (χ2v) is 2.86. The molecule has 1 unspecified atom stereocenters. The maximum absolute atomic E-state index is 10.2. The van der Waals surface area contributed by atoms with Crippen molar-refractivity contribution >= 4 is 6.09 Å². The summed E-state index contributed by atoms with van der Waals surface area (Å²) in [5, 5.41) is 3.11. The van der Waals surface area contributed by atoms with Gasteiger partial charge in [0.25, 0.3) is 0 Å². The predicted molar refractivity (Wildman–Crippen MR) is 50.7 cm³/mol. The number of primary amides is 1. The van der Waals surface area contributed by atoms with Crippen LogP contribution in [-0.4, -0.2) is 19.2 Å². The molecule has 0 radical (unpaired) electrons. The van der Waals surface area contributed by atoms with Gasteiger partial charge in [0.15, 0.2) is 0 Å². The number of rotatable bonds is 5. The van der Waals surface area contributed by atoms with Crippen LogP contribution >= 0.6 is 0 Å². The number of ether oxygens (including phenoxy) is 1. The van der Waals surface area contributed by atoms with Gasteiger partial charge in [-0.1, -0.05) is 0 Å². The third kappa shape index (κ3) is 3.49. The van der Waals surface area contributed by atoms with Crippen LogP contribution in [0.3, 0.4) is 0 Å². The summed E-state index contributed by atoms with van der Waals surface area (Å²) in [5.74, 6) is 0.851. The highest BCUT2D eigenvalue weighted by atomic mass is 16.5. The molecule has 1 aromatic heterocycles. The highest BCUT2D eigenvalue weighted by Crippen LogP contribution is 2.11. The molecule has 0 aliphatic carbocycles. The molecule has 5 heteroatoms. The molecule has 0 aliphatic heterocycles. The van der Waals surface area contributed by atoms with Crippen LogP contribution in [0.2, 0.25) is 0 Å². The first-order valence-corrected chi connectivity index (χ1v) is 4.39. The summed E-state index contributed by atoms with van der Waals surface area (Å²) in [7, 11) is 0. The molecule has 1 heterocycles. The molecule has 78 valence electrons. The summed E-state index contributed by atoms with van der Waals surface area (Å²) in [6.07, 6.45) is 0.866. The fraction of sp³-hybridized carbons (Fsp3) is 0.444. The Hall–Kier alpha value is -1.49. The topological polar surface area (TPSA) is 77.5 Å². The van der Waals surface area contributed by atoms with Gasteiger partial charge in [-0.15, -0.1) is 0 Å². The molecule has 0 saturated carbocycles. The molecular weight excluding hydrogens is 184 g/mol. The summed E-state index contributed by atoms with van der Waals surface area (Å²) in [6.45, 7) is 2.77. The van der Waals surface area contributed by atoms with Crippen LogP contribution in [0.15, 0.2) is 22.8 Å². The van der Waals surface area contributed by atoms with Gasteiger partial charge in [0.1, 0.15) is 12.4 Å². The molecule has 0 saturated heterocycles. The quantitative estimate of drug-likeness (QED) is 0.692. The number of hydrogen-bond acceptors (Lipinski definition) is 4. The van der Waals surface area contributed by atoms with Crippen molar-refractivity contribution in [2.75, 3.05) is 13.2 Å². The van der Waals surface area contributed by atoms with Gasteiger partial charge in [0.2, 0.25) is 0 Å². The largest absolute Gasteiger partial charge is 0.468 e. The van der Waals surface area contributed by atoms with Crippen molar-refractivity contribution in [3.05, 3.63) is 24.2 Å². The Morgan fingerprint density at radius 1 is 1.79 bits per heavy atom. The minimum atomic E-state index is -0.752. The lowest BCUT2D eigenvalue weighted by Gasteiger charge is -2.10. The Labute approximate surface area is 82.2 Å². The van der Waals surface area contributed by atoms with E-state index in [0.29, 0.717) is 6.54 Å². The van der Waals surface area contributed by atoms with Gasteiger partial charge < -0.3 is 20.2 Å². The summed E-state index contributed by atoms with van der Waals surface area (Å²) in [6, 6.07) is 3.81. The van der Waals surface area contributed by atoms with E-state index in [1.54, 1.807) is 6.26 Å². The van der Waals surface area contributed by atoms with E-state index < -0.39 is 6.09 Å². The lowest BCUT2D eigenvalue weighted by atomic mass is 10.2. The van der Waals surface area contributed by atoms with Crippen molar-refractivity contribution in [2.45, 2.75) is 13.0 Å². The standard InChI is InChI=1S/C9H14N2O3/c1-7(8-3-2-5-13-8)11-4-6-14-9(10)12/h2-3,5,7,11H,4,6H2,1H3,(H2,10,12). The van der Waals surface area contributed by atoms with Gasteiger partial charge in [-0.25, -0.2) is 4.79 Å². The van der Waals surface area contributed by atoms with E-state index in [-0.39, 0.29) is 12.6 Å². The van der Waals surface area contributed by atoms with Crippen LogP contribution in [-0.2, 0) is 4.74 Å². The second kappa shape index (κ2) is 5.29. The molecule has 0 aliphatic rings. The van der Waals surface area contributed by atoms with Gasteiger partial charge in [-0.3, -0.25) is 0 Å². The molecule has 0 fully saturated rings. The van der Waals surface area contributed by atoms with Gasteiger partial charge in [-0.05, 0) is 19.1 Å². The maximum atomic E-state index is 10.2. The molecule has 3 N–H and O–H groups in total. The molecule has 1 atom stereocenters. The van der Waals surface area contributed by atoms with Gasteiger partial charge >= 0.3 is 6.09 Å².